The molecule has 12 heavy (non-hydrogen) atoms. The third-order valence-electron chi connectivity index (χ3n) is 2.61. The zero-order valence-electron chi connectivity index (χ0n) is 6.64. The van der Waals surface area contributed by atoms with Gasteiger partial charge in [-0.2, -0.15) is 0 Å². The molecule has 1 saturated heterocycles. The van der Waals surface area contributed by atoms with Crippen molar-refractivity contribution in [1.29, 1.82) is 0 Å². The summed E-state index contributed by atoms with van der Waals surface area (Å²) in [6, 6.07) is 4.07. The van der Waals surface area contributed by atoms with Gasteiger partial charge < -0.3 is 4.42 Å². The minimum absolute atomic E-state index is 0.593. The molecule has 1 aliphatic heterocycles. The molecule has 0 saturated carbocycles. The second-order valence-corrected chi connectivity index (χ2v) is 4.78. The highest BCUT2D eigenvalue weighted by Gasteiger charge is 2.38. The van der Waals surface area contributed by atoms with E-state index in [2.05, 4.69) is 18.2 Å². The summed E-state index contributed by atoms with van der Waals surface area (Å²) in [4.78, 5) is 0. The van der Waals surface area contributed by atoms with E-state index in [1.807, 2.05) is 17.8 Å². The zero-order valence-corrected chi connectivity index (χ0v) is 7.46. The van der Waals surface area contributed by atoms with E-state index in [1.165, 1.54) is 6.42 Å². The molecular formula is C10H10OS. The van der Waals surface area contributed by atoms with Crippen molar-refractivity contribution < 1.29 is 4.42 Å². The molecule has 3 atom stereocenters. The summed E-state index contributed by atoms with van der Waals surface area (Å²) in [7, 11) is 0. The lowest BCUT2D eigenvalue weighted by Gasteiger charge is -2.14. The van der Waals surface area contributed by atoms with Crippen LogP contribution >= 0.6 is 11.8 Å². The second kappa shape index (κ2) is 2.43. The predicted molar refractivity (Wildman–Crippen MR) is 50.1 cm³/mol. The van der Waals surface area contributed by atoms with Gasteiger partial charge in [-0.25, -0.2) is 0 Å². The van der Waals surface area contributed by atoms with Crippen molar-refractivity contribution in [2.24, 2.45) is 5.92 Å². The average molecular weight is 178 g/mol. The molecule has 1 aromatic rings. The van der Waals surface area contributed by atoms with E-state index in [1.54, 1.807) is 6.26 Å². The maximum Gasteiger partial charge on any atom is 0.117 e. The maximum absolute atomic E-state index is 5.42. The van der Waals surface area contributed by atoms with Gasteiger partial charge >= 0.3 is 0 Å². The van der Waals surface area contributed by atoms with Crippen molar-refractivity contribution in [3.63, 3.8) is 0 Å². The van der Waals surface area contributed by atoms with Crippen LogP contribution in [0.25, 0.3) is 0 Å². The van der Waals surface area contributed by atoms with Gasteiger partial charge in [0.05, 0.1) is 11.5 Å². The Bertz CT molecular complexity index is 302. The summed E-state index contributed by atoms with van der Waals surface area (Å²) in [6.07, 6.45) is 7.75. The van der Waals surface area contributed by atoms with Gasteiger partial charge in [0.2, 0.25) is 0 Å². The van der Waals surface area contributed by atoms with Crippen LogP contribution in [0.5, 0.6) is 0 Å². The van der Waals surface area contributed by atoms with Crippen LogP contribution in [0.4, 0.5) is 0 Å². The van der Waals surface area contributed by atoms with Crippen molar-refractivity contribution in [2.45, 2.75) is 16.9 Å². The molecule has 0 radical (unpaired) electrons. The Morgan fingerprint density at radius 1 is 1.42 bits per heavy atom. The third-order valence-corrected chi connectivity index (χ3v) is 4.19. The molecule has 0 spiro atoms. The number of fused-ring (bicyclic) bond motifs is 2. The lowest BCUT2D eigenvalue weighted by Crippen LogP contribution is -1.99. The van der Waals surface area contributed by atoms with Crippen LogP contribution in [-0.4, -0.2) is 5.25 Å². The first-order chi connectivity index (χ1) is 5.93. The molecule has 1 aliphatic carbocycles. The SMILES string of the molecule is C1=C[C@H]2C[C@@H]1S[C@H]2c1ccco1. The monoisotopic (exact) mass is 178 g/mol. The number of allylic oxidation sites excluding steroid dienone is 1. The summed E-state index contributed by atoms with van der Waals surface area (Å²) < 4.78 is 5.42. The van der Waals surface area contributed by atoms with Crippen LogP contribution < -0.4 is 0 Å². The summed E-state index contributed by atoms with van der Waals surface area (Å²) in [6.45, 7) is 0. The minimum Gasteiger partial charge on any atom is -0.468 e. The normalized spacial score (nSPS) is 37.8. The molecule has 1 aromatic heterocycles. The highest BCUT2D eigenvalue weighted by molar-refractivity contribution is 8.00. The maximum atomic E-state index is 5.42. The number of thioether (sulfide) groups is 1. The molecule has 3 rings (SSSR count). The van der Waals surface area contributed by atoms with E-state index < -0.39 is 0 Å². The molecule has 0 N–H and O–H groups in total. The predicted octanol–water partition coefficient (Wildman–Crippen LogP) is 3.01. The Morgan fingerprint density at radius 2 is 2.42 bits per heavy atom. The first-order valence-electron chi connectivity index (χ1n) is 4.31. The van der Waals surface area contributed by atoms with E-state index in [4.69, 9.17) is 4.42 Å². The van der Waals surface area contributed by atoms with Gasteiger partial charge in [-0.15, -0.1) is 11.8 Å². The number of furan rings is 1. The van der Waals surface area contributed by atoms with Gasteiger partial charge in [0.25, 0.3) is 0 Å². The standard InChI is InChI=1S/C10H10OS/c1-2-9(11-5-1)10-7-3-4-8(6-7)12-10/h1-5,7-8,10H,6H2/t7-,8+,10+/m0/s1. The molecule has 62 valence electrons. The second-order valence-electron chi connectivity index (χ2n) is 3.40. The molecular weight excluding hydrogens is 168 g/mol. The largest absolute Gasteiger partial charge is 0.468 e. The van der Waals surface area contributed by atoms with E-state index in [9.17, 15) is 0 Å². The van der Waals surface area contributed by atoms with E-state index in [0.29, 0.717) is 5.25 Å². The van der Waals surface area contributed by atoms with Crippen molar-refractivity contribution in [2.75, 3.05) is 0 Å². The Labute approximate surface area is 75.8 Å². The number of rotatable bonds is 1. The number of hydrogen-bond donors (Lipinski definition) is 0. The molecule has 0 aromatic carbocycles. The van der Waals surface area contributed by atoms with Crippen LogP contribution in [0, 0.1) is 5.92 Å². The minimum atomic E-state index is 0.593. The smallest absolute Gasteiger partial charge is 0.117 e. The van der Waals surface area contributed by atoms with E-state index in [-0.39, 0.29) is 0 Å². The molecule has 2 bridgehead atoms. The molecule has 2 heterocycles. The van der Waals surface area contributed by atoms with E-state index >= 15 is 0 Å². The first kappa shape index (κ1) is 6.84. The van der Waals surface area contributed by atoms with Gasteiger partial charge in [-0.05, 0) is 24.5 Å². The molecule has 1 nitrogen and oxygen atoms in total. The molecule has 0 unspecified atom stereocenters. The lowest BCUT2D eigenvalue weighted by atomic mass is 10.0. The fourth-order valence-corrected chi connectivity index (χ4v) is 3.60. The molecule has 0 amide bonds. The quantitative estimate of drug-likeness (QED) is 0.613. The van der Waals surface area contributed by atoms with Crippen molar-refractivity contribution in [1.82, 2.24) is 0 Å². The topological polar surface area (TPSA) is 13.1 Å². The third kappa shape index (κ3) is 0.876. The summed E-state index contributed by atoms with van der Waals surface area (Å²) in [5, 5.41) is 1.35. The van der Waals surface area contributed by atoms with Crippen LogP contribution in [0.2, 0.25) is 0 Å². The highest BCUT2D eigenvalue weighted by atomic mass is 32.2. The van der Waals surface area contributed by atoms with Gasteiger partial charge in [-0.3, -0.25) is 0 Å². The number of hydrogen-bond acceptors (Lipinski definition) is 2. The molecule has 1 fully saturated rings. The highest BCUT2D eigenvalue weighted by Crippen LogP contribution is 2.53. The van der Waals surface area contributed by atoms with Crippen LogP contribution in [0.1, 0.15) is 17.4 Å². The Kier molecular flexibility index (Phi) is 1.38. The Balaban J connectivity index is 1.92. The molecule has 2 heteroatoms. The molecule has 2 aliphatic rings. The van der Waals surface area contributed by atoms with E-state index in [0.717, 1.165) is 16.9 Å². The Hall–Kier alpha value is -0.630. The van der Waals surface area contributed by atoms with Crippen molar-refractivity contribution >= 4 is 11.8 Å². The lowest BCUT2D eigenvalue weighted by molar-refractivity contribution is 0.476. The summed E-state index contributed by atoms with van der Waals surface area (Å²) in [5.74, 6) is 1.88. The fourth-order valence-electron chi connectivity index (χ4n) is 2.04. The first-order valence-corrected chi connectivity index (χ1v) is 5.25. The van der Waals surface area contributed by atoms with Gasteiger partial charge in [0.1, 0.15) is 5.76 Å². The fraction of sp³-hybridized carbons (Fsp3) is 0.400. The summed E-state index contributed by atoms with van der Waals surface area (Å²) in [5.41, 5.74) is 0. The van der Waals surface area contributed by atoms with Crippen LogP contribution in [0.3, 0.4) is 0 Å². The average Bonchev–Trinajstić information content (AvgIpc) is 2.81. The van der Waals surface area contributed by atoms with Gasteiger partial charge in [0, 0.05) is 5.25 Å². The van der Waals surface area contributed by atoms with Crippen molar-refractivity contribution in [3.8, 4) is 0 Å². The van der Waals surface area contributed by atoms with Crippen LogP contribution in [-0.2, 0) is 0 Å². The van der Waals surface area contributed by atoms with Crippen LogP contribution in [0.15, 0.2) is 35.0 Å². The van der Waals surface area contributed by atoms with Crippen molar-refractivity contribution in [3.05, 3.63) is 36.3 Å². The van der Waals surface area contributed by atoms with Gasteiger partial charge in [-0.1, -0.05) is 12.2 Å². The van der Waals surface area contributed by atoms with Gasteiger partial charge in [0.15, 0.2) is 0 Å². The zero-order chi connectivity index (χ0) is 7.97. The Morgan fingerprint density at radius 3 is 3.00 bits per heavy atom. The summed E-state index contributed by atoms with van der Waals surface area (Å²) >= 11 is 2.04.